The van der Waals surface area contributed by atoms with Crippen LogP contribution >= 0.6 is 11.5 Å². The summed E-state index contributed by atoms with van der Waals surface area (Å²) in [4.78, 5) is 2.30. The molecule has 0 saturated heterocycles. The van der Waals surface area contributed by atoms with Crippen LogP contribution in [0, 0.1) is 5.92 Å². The number of anilines is 2. The molecule has 0 spiro atoms. The first-order valence-corrected chi connectivity index (χ1v) is 7.04. The van der Waals surface area contributed by atoms with E-state index in [-0.39, 0.29) is 0 Å². The Labute approximate surface area is 108 Å². The number of nitrogens with two attached hydrogens (primary N) is 1. The van der Waals surface area contributed by atoms with Crippen LogP contribution in [0.15, 0.2) is 0 Å². The van der Waals surface area contributed by atoms with Gasteiger partial charge in [-0.2, -0.15) is 4.37 Å². The van der Waals surface area contributed by atoms with Crippen LogP contribution in [0.5, 0.6) is 5.75 Å². The van der Waals surface area contributed by atoms with Crippen molar-refractivity contribution in [3.63, 3.8) is 0 Å². The molecular weight excluding hydrogens is 234 g/mol. The van der Waals surface area contributed by atoms with E-state index in [1.54, 1.807) is 0 Å². The summed E-state index contributed by atoms with van der Waals surface area (Å²) in [5.41, 5.74) is 5.83. The van der Waals surface area contributed by atoms with Crippen LogP contribution < -0.4 is 15.4 Å². The highest BCUT2D eigenvalue weighted by atomic mass is 32.1. The van der Waals surface area contributed by atoms with E-state index in [1.807, 2.05) is 6.92 Å². The monoisotopic (exact) mass is 257 g/mol. The van der Waals surface area contributed by atoms with Gasteiger partial charge in [0.05, 0.1) is 6.61 Å². The van der Waals surface area contributed by atoms with E-state index in [1.165, 1.54) is 18.0 Å². The summed E-state index contributed by atoms with van der Waals surface area (Å²) >= 11 is 1.43. The van der Waals surface area contributed by atoms with Crippen LogP contribution in [-0.4, -0.2) is 24.1 Å². The van der Waals surface area contributed by atoms with Gasteiger partial charge in [-0.05, 0) is 31.3 Å². The topological polar surface area (TPSA) is 51.4 Å². The van der Waals surface area contributed by atoms with E-state index in [0.29, 0.717) is 18.3 Å². The van der Waals surface area contributed by atoms with E-state index < -0.39 is 0 Å². The van der Waals surface area contributed by atoms with Gasteiger partial charge in [-0.25, -0.2) is 0 Å². The summed E-state index contributed by atoms with van der Waals surface area (Å²) in [6.07, 6.45) is 1.18. The van der Waals surface area contributed by atoms with E-state index in [2.05, 4.69) is 30.0 Å². The fourth-order valence-corrected chi connectivity index (χ4v) is 2.46. The Bertz CT molecular complexity index is 340. The number of ether oxygens (including phenoxy) is 1. The molecule has 1 heterocycles. The minimum absolute atomic E-state index is 0.509. The third-order valence-electron chi connectivity index (χ3n) is 2.84. The molecule has 0 aliphatic rings. The summed E-state index contributed by atoms with van der Waals surface area (Å²) in [6, 6.07) is 0. The first-order valence-electron chi connectivity index (χ1n) is 6.26. The SMILES string of the molecule is CCOc1c(N)nsc1N(CC)CC(C)CC. The number of rotatable bonds is 7. The minimum Gasteiger partial charge on any atom is -0.487 e. The molecule has 1 atom stereocenters. The van der Waals surface area contributed by atoms with Gasteiger partial charge in [-0.1, -0.05) is 20.3 Å². The quantitative estimate of drug-likeness (QED) is 0.816. The Morgan fingerprint density at radius 3 is 2.65 bits per heavy atom. The van der Waals surface area contributed by atoms with Crippen molar-refractivity contribution in [3.8, 4) is 5.75 Å². The van der Waals surface area contributed by atoms with Crippen LogP contribution in [0.25, 0.3) is 0 Å². The van der Waals surface area contributed by atoms with Crippen LogP contribution in [0.4, 0.5) is 10.8 Å². The first-order chi connectivity index (χ1) is 8.13. The van der Waals surface area contributed by atoms with Gasteiger partial charge >= 0.3 is 0 Å². The van der Waals surface area contributed by atoms with Crippen molar-refractivity contribution in [2.24, 2.45) is 5.92 Å². The van der Waals surface area contributed by atoms with E-state index in [9.17, 15) is 0 Å². The Hall–Kier alpha value is -0.970. The number of hydrogen-bond donors (Lipinski definition) is 1. The van der Waals surface area contributed by atoms with Gasteiger partial charge in [-0.3, -0.25) is 0 Å². The molecule has 0 aromatic carbocycles. The lowest BCUT2D eigenvalue weighted by molar-refractivity contribution is 0.342. The molecule has 1 rings (SSSR count). The molecule has 0 fully saturated rings. The molecule has 1 aromatic rings. The van der Waals surface area contributed by atoms with Crippen LogP contribution in [-0.2, 0) is 0 Å². The van der Waals surface area contributed by atoms with Crippen molar-refractivity contribution < 1.29 is 4.74 Å². The normalized spacial score (nSPS) is 12.5. The van der Waals surface area contributed by atoms with Gasteiger partial charge in [-0.15, -0.1) is 0 Å². The predicted molar refractivity (Wildman–Crippen MR) is 75.0 cm³/mol. The molecule has 0 bridgehead atoms. The maximum Gasteiger partial charge on any atom is 0.197 e. The number of hydrogen-bond acceptors (Lipinski definition) is 5. The largest absolute Gasteiger partial charge is 0.487 e. The van der Waals surface area contributed by atoms with Crippen molar-refractivity contribution in [1.29, 1.82) is 0 Å². The molecule has 17 heavy (non-hydrogen) atoms. The Kier molecular flexibility index (Phi) is 5.55. The van der Waals surface area contributed by atoms with E-state index >= 15 is 0 Å². The molecule has 0 amide bonds. The van der Waals surface area contributed by atoms with Crippen LogP contribution in [0.2, 0.25) is 0 Å². The van der Waals surface area contributed by atoms with Crippen molar-refractivity contribution in [3.05, 3.63) is 0 Å². The standard InChI is InChI=1S/C12H23N3OS/c1-5-9(4)8-15(6-2)12-10(16-7-3)11(13)14-17-12/h9H,5-8H2,1-4H3,(H2,13,14). The third-order valence-corrected chi connectivity index (χ3v) is 3.75. The average molecular weight is 257 g/mol. The second kappa shape index (κ2) is 6.69. The zero-order valence-corrected chi connectivity index (χ0v) is 12.0. The Morgan fingerprint density at radius 1 is 1.41 bits per heavy atom. The van der Waals surface area contributed by atoms with E-state index in [0.717, 1.165) is 23.8 Å². The molecule has 5 heteroatoms. The molecule has 0 saturated carbocycles. The first kappa shape index (κ1) is 14.1. The second-order valence-corrected chi connectivity index (χ2v) is 4.94. The molecule has 0 aliphatic carbocycles. The molecule has 4 nitrogen and oxygen atoms in total. The predicted octanol–water partition coefficient (Wildman–Crippen LogP) is 3.00. The van der Waals surface area contributed by atoms with Gasteiger partial charge < -0.3 is 15.4 Å². The van der Waals surface area contributed by atoms with Gasteiger partial charge in [0.2, 0.25) is 0 Å². The Balaban J connectivity index is 2.87. The van der Waals surface area contributed by atoms with Gasteiger partial charge in [0, 0.05) is 13.1 Å². The van der Waals surface area contributed by atoms with Gasteiger partial charge in [0.15, 0.2) is 16.6 Å². The van der Waals surface area contributed by atoms with Crippen LogP contribution in [0.3, 0.4) is 0 Å². The Morgan fingerprint density at radius 2 is 2.12 bits per heavy atom. The number of nitrogen functional groups attached to an aromatic ring is 1. The van der Waals surface area contributed by atoms with E-state index in [4.69, 9.17) is 10.5 Å². The molecule has 0 radical (unpaired) electrons. The molecule has 0 aliphatic heterocycles. The zero-order chi connectivity index (χ0) is 12.8. The lowest BCUT2D eigenvalue weighted by atomic mass is 10.1. The maximum atomic E-state index is 5.83. The highest BCUT2D eigenvalue weighted by molar-refractivity contribution is 7.11. The average Bonchev–Trinajstić information content (AvgIpc) is 2.68. The summed E-state index contributed by atoms with van der Waals surface area (Å²) in [5, 5.41) is 1.06. The molecule has 2 N–H and O–H groups in total. The van der Waals surface area contributed by atoms with Gasteiger partial charge in [0.1, 0.15) is 0 Å². The highest BCUT2D eigenvalue weighted by Gasteiger charge is 2.19. The lowest BCUT2D eigenvalue weighted by Crippen LogP contribution is -2.27. The molecule has 1 unspecified atom stereocenters. The second-order valence-electron chi connectivity index (χ2n) is 4.19. The summed E-state index contributed by atoms with van der Waals surface area (Å²) in [5.74, 6) is 1.92. The summed E-state index contributed by atoms with van der Waals surface area (Å²) in [7, 11) is 0. The van der Waals surface area contributed by atoms with Crippen LogP contribution in [0.1, 0.15) is 34.1 Å². The number of nitrogens with zero attached hydrogens (tertiary/aromatic N) is 2. The highest BCUT2D eigenvalue weighted by Crippen LogP contribution is 2.38. The van der Waals surface area contributed by atoms with Crippen molar-refractivity contribution in [2.45, 2.75) is 34.1 Å². The fourth-order valence-electron chi connectivity index (χ4n) is 1.63. The summed E-state index contributed by atoms with van der Waals surface area (Å²) < 4.78 is 9.78. The minimum atomic E-state index is 0.509. The maximum absolute atomic E-state index is 5.83. The van der Waals surface area contributed by atoms with Crippen molar-refractivity contribution >= 4 is 22.4 Å². The lowest BCUT2D eigenvalue weighted by Gasteiger charge is -2.25. The smallest absolute Gasteiger partial charge is 0.197 e. The zero-order valence-electron chi connectivity index (χ0n) is 11.2. The third kappa shape index (κ3) is 3.49. The van der Waals surface area contributed by atoms with Crippen molar-refractivity contribution in [1.82, 2.24) is 4.37 Å². The molecule has 98 valence electrons. The number of aromatic nitrogens is 1. The molecular formula is C12H23N3OS. The van der Waals surface area contributed by atoms with Crippen molar-refractivity contribution in [2.75, 3.05) is 30.3 Å². The van der Waals surface area contributed by atoms with Gasteiger partial charge in [0.25, 0.3) is 0 Å². The summed E-state index contributed by atoms with van der Waals surface area (Å²) in [6.45, 7) is 11.2. The molecule has 1 aromatic heterocycles. The fraction of sp³-hybridized carbons (Fsp3) is 0.750.